The molecule has 0 aromatic carbocycles. The summed E-state index contributed by atoms with van der Waals surface area (Å²) >= 11 is 0. The SMILES string of the molecule is C=COP(OCCCC)OCCCC. The van der Waals surface area contributed by atoms with Gasteiger partial charge < -0.3 is 13.6 Å². The standard InChI is InChI=1S/C10H21O3P/c1-4-7-9-12-14(11-6-3)13-10-8-5-2/h6H,3-5,7-10H2,1-2H3. The second-order valence-electron chi connectivity index (χ2n) is 2.87. The monoisotopic (exact) mass is 220 g/mol. The van der Waals surface area contributed by atoms with Gasteiger partial charge in [-0.05, 0) is 12.8 Å². The van der Waals surface area contributed by atoms with Crippen LogP contribution in [-0.4, -0.2) is 13.2 Å². The van der Waals surface area contributed by atoms with E-state index in [1.54, 1.807) is 0 Å². The van der Waals surface area contributed by atoms with Gasteiger partial charge in [0.1, 0.15) is 0 Å². The van der Waals surface area contributed by atoms with Crippen molar-refractivity contribution < 1.29 is 13.6 Å². The molecule has 0 N–H and O–H groups in total. The van der Waals surface area contributed by atoms with E-state index in [1.165, 1.54) is 6.26 Å². The lowest BCUT2D eigenvalue weighted by Gasteiger charge is -2.14. The third-order valence-electron chi connectivity index (χ3n) is 1.55. The smallest absolute Gasteiger partial charge is 0.396 e. The van der Waals surface area contributed by atoms with Crippen molar-refractivity contribution in [3.05, 3.63) is 12.8 Å². The molecule has 0 aliphatic rings. The molecule has 14 heavy (non-hydrogen) atoms. The molecule has 0 atom stereocenters. The van der Waals surface area contributed by atoms with Gasteiger partial charge in [0.15, 0.2) is 0 Å². The van der Waals surface area contributed by atoms with Gasteiger partial charge in [-0.2, -0.15) is 0 Å². The van der Waals surface area contributed by atoms with Gasteiger partial charge in [0.2, 0.25) is 0 Å². The molecular formula is C10H21O3P. The van der Waals surface area contributed by atoms with Crippen molar-refractivity contribution in [2.75, 3.05) is 13.2 Å². The molecule has 84 valence electrons. The molecule has 3 nitrogen and oxygen atoms in total. The zero-order chi connectivity index (χ0) is 10.6. The Hall–Kier alpha value is -0.110. The zero-order valence-corrected chi connectivity index (χ0v) is 10.1. The quantitative estimate of drug-likeness (QED) is 0.316. The fourth-order valence-corrected chi connectivity index (χ4v) is 1.60. The maximum atomic E-state index is 5.42. The topological polar surface area (TPSA) is 27.7 Å². The molecule has 0 aliphatic carbocycles. The van der Waals surface area contributed by atoms with Crippen LogP contribution in [0.3, 0.4) is 0 Å². The molecule has 0 heterocycles. The Kier molecular flexibility index (Phi) is 10.9. The van der Waals surface area contributed by atoms with Crippen LogP contribution in [0.1, 0.15) is 39.5 Å². The second-order valence-corrected chi connectivity index (χ2v) is 4.04. The molecule has 0 bridgehead atoms. The fourth-order valence-electron chi connectivity index (χ4n) is 0.726. The van der Waals surface area contributed by atoms with Gasteiger partial charge in [0, 0.05) is 0 Å². The number of hydrogen-bond acceptors (Lipinski definition) is 3. The molecule has 0 rings (SSSR count). The summed E-state index contributed by atoms with van der Waals surface area (Å²) in [6.45, 7) is 9.13. The third-order valence-corrected chi connectivity index (χ3v) is 2.66. The molecule has 0 saturated heterocycles. The summed E-state index contributed by atoms with van der Waals surface area (Å²) in [5.41, 5.74) is 0. The van der Waals surface area contributed by atoms with E-state index in [4.69, 9.17) is 13.6 Å². The highest BCUT2D eigenvalue weighted by atomic mass is 31.2. The highest BCUT2D eigenvalue weighted by Gasteiger charge is 2.10. The molecule has 0 radical (unpaired) electrons. The third kappa shape index (κ3) is 8.49. The highest BCUT2D eigenvalue weighted by molar-refractivity contribution is 7.41. The number of unbranched alkanes of at least 4 members (excludes halogenated alkanes) is 2. The first-order valence-corrected chi connectivity index (χ1v) is 6.28. The summed E-state index contributed by atoms with van der Waals surface area (Å²) in [5.74, 6) is 0. The van der Waals surface area contributed by atoms with Crippen LogP contribution >= 0.6 is 8.60 Å². The van der Waals surface area contributed by atoms with Crippen LogP contribution in [0.4, 0.5) is 0 Å². The normalized spacial score (nSPS) is 10.5. The molecule has 0 fully saturated rings. The highest BCUT2D eigenvalue weighted by Crippen LogP contribution is 2.40. The van der Waals surface area contributed by atoms with E-state index in [0.717, 1.165) is 25.7 Å². The largest absolute Gasteiger partial charge is 0.435 e. The minimum Gasteiger partial charge on any atom is -0.435 e. The van der Waals surface area contributed by atoms with Crippen molar-refractivity contribution in [2.45, 2.75) is 39.5 Å². The molecule has 4 heteroatoms. The first-order chi connectivity index (χ1) is 6.85. The number of rotatable bonds is 10. The Balaban J connectivity index is 3.49. The number of hydrogen-bond donors (Lipinski definition) is 0. The van der Waals surface area contributed by atoms with Gasteiger partial charge in [-0.25, -0.2) is 0 Å². The van der Waals surface area contributed by atoms with Crippen LogP contribution in [0.5, 0.6) is 0 Å². The maximum Gasteiger partial charge on any atom is 0.396 e. The van der Waals surface area contributed by atoms with E-state index >= 15 is 0 Å². The maximum absolute atomic E-state index is 5.42. The summed E-state index contributed by atoms with van der Waals surface area (Å²) in [6, 6.07) is 0. The van der Waals surface area contributed by atoms with Gasteiger partial charge >= 0.3 is 8.60 Å². The van der Waals surface area contributed by atoms with Crippen LogP contribution in [0.25, 0.3) is 0 Å². The average molecular weight is 220 g/mol. The van der Waals surface area contributed by atoms with Crippen LogP contribution in [-0.2, 0) is 13.6 Å². The van der Waals surface area contributed by atoms with E-state index in [-0.39, 0.29) is 0 Å². The summed E-state index contributed by atoms with van der Waals surface area (Å²) in [6.07, 6.45) is 5.69. The lowest BCUT2D eigenvalue weighted by atomic mass is 10.4. The summed E-state index contributed by atoms with van der Waals surface area (Å²) in [5, 5.41) is 0. The summed E-state index contributed by atoms with van der Waals surface area (Å²) in [4.78, 5) is 0. The molecule has 0 spiro atoms. The molecule has 0 amide bonds. The summed E-state index contributed by atoms with van der Waals surface area (Å²) in [7, 11) is -1.20. The first-order valence-electron chi connectivity index (χ1n) is 5.18. The van der Waals surface area contributed by atoms with Crippen LogP contribution in [0, 0.1) is 0 Å². The Morgan fingerprint density at radius 3 is 1.93 bits per heavy atom. The van der Waals surface area contributed by atoms with Crippen LogP contribution < -0.4 is 0 Å². The average Bonchev–Trinajstić information content (AvgIpc) is 2.18. The molecule has 0 aromatic heterocycles. The Bertz CT molecular complexity index is 121. The van der Waals surface area contributed by atoms with E-state index in [0.29, 0.717) is 13.2 Å². The minimum absolute atomic E-state index is 0.697. The van der Waals surface area contributed by atoms with Crippen molar-refractivity contribution in [2.24, 2.45) is 0 Å². The molecule has 0 aliphatic heterocycles. The van der Waals surface area contributed by atoms with Crippen molar-refractivity contribution >= 4 is 8.60 Å². The van der Waals surface area contributed by atoms with E-state index < -0.39 is 8.60 Å². The lowest BCUT2D eigenvalue weighted by molar-refractivity contribution is 0.189. The molecule has 0 aromatic rings. The minimum atomic E-state index is -1.20. The predicted molar refractivity (Wildman–Crippen MR) is 59.9 cm³/mol. The van der Waals surface area contributed by atoms with Crippen LogP contribution in [0.15, 0.2) is 12.8 Å². The van der Waals surface area contributed by atoms with Gasteiger partial charge in [-0.3, -0.25) is 0 Å². The van der Waals surface area contributed by atoms with E-state index in [9.17, 15) is 0 Å². The van der Waals surface area contributed by atoms with Crippen molar-refractivity contribution in [1.29, 1.82) is 0 Å². The van der Waals surface area contributed by atoms with E-state index in [1.807, 2.05) is 0 Å². The molecular weight excluding hydrogens is 199 g/mol. The first kappa shape index (κ1) is 13.9. The van der Waals surface area contributed by atoms with Crippen molar-refractivity contribution in [1.82, 2.24) is 0 Å². The Labute approximate surface area is 88.4 Å². The zero-order valence-electron chi connectivity index (χ0n) is 9.20. The Morgan fingerprint density at radius 1 is 1.07 bits per heavy atom. The molecule has 0 saturated carbocycles. The van der Waals surface area contributed by atoms with E-state index in [2.05, 4.69) is 20.4 Å². The van der Waals surface area contributed by atoms with Gasteiger partial charge in [0.25, 0.3) is 0 Å². The Morgan fingerprint density at radius 2 is 1.57 bits per heavy atom. The van der Waals surface area contributed by atoms with Crippen molar-refractivity contribution in [3.8, 4) is 0 Å². The van der Waals surface area contributed by atoms with Crippen LogP contribution in [0.2, 0.25) is 0 Å². The molecule has 0 unspecified atom stereocenters. The lowest BCUT2D eigenvalue weighted by Crippen LogP contribution is -1.96. The second kappa shape index (κ2) is 11.0. The van der Waals surface area contributed by atoms with Gasteiger partial charge in [-0.1, -0.05) is 33.3 Å². The summed E-state index contributed by atoms with van der Waals surface area (Å²) < 4.78 is 16.0. The van der Waals surface area contributed by atoms with Gasteiger partial charge in [-0.15, -0.1) is 0 Å². The predicted octanol–water partition coefficient (Wildman–Crippen LogP) is 4.01. The van der Waals surface area contributed by atoms with Gasteiger partial charge in [0.05, 0.1) is 19.5 Å². The fraction of sp³-hybridized carbons (Fsp3) is 0.800. The van der Waals surface area contributed by atoms with Crippen molar-refractivity contribution in [3.63, 3.8) is 0 Å².